The summed E-state index contributed by atoms with van der Waals surface area (Å²) in [5.74, 6) is 0.649. The molecule has 1 aliphatic rings. The number of rotatable bonds is 4. The zero-order chi connectivity index (χ0) is 14.7. The topological polar surface area (TPSA) is 92.8 Å². The number of aryl methyl sites for hydroxylation is 1. The zero-order valence-corrected chi connectivity index (χ0v) is 11.7. The van der Waals surface area contributed by atoms with E-state index in [4.69, 9.17) is 4.74 Å². The van der Waals surface area contributed by atoms with Crippen LogP contribution in [0.4, 0.5) is 0 Å². The van der Waals surface area contributed by atoms with Gasteiger partial charge in [-0.15, -0.1) is 0 Å². The molecule has 0 aromatic carbocycles. The summed E-state index contributed by atoms with van der Waals surface area (Å²) in [6.45, 7) is 2.36. The number of amides is 1. The highest BCUT2D eigenvalue weighted by molar-refractivity contribution is 5.95. The number of carbonyl (C=O) groups excluding carboxylic acids is 1. The summed E-state index contributed by atoms with van der Waals surface area (Å²) < 4.78 is 5.86. The van der Waals surface area contributed by atoms with Gasteiger partial charge in [-0.25, -0.2) is 4.98 Å². The summed E-state index contributed by atoms with van der Waals surface area (Å²) in [7, 11) is 0. The standard InChI is InChI=1S/C14H17N5O2/c1-9-6-15-5-4-11(9)14(20)16-7-10-2-3-12(21-10)13-17-8-18-19-13/h4-6,8,10,12H,2-3,7H2,1H3,(H,16,20)(H,17,18,19)/t10-,12+/m1/s1. The first-order valence-electron chi connectivity index (χ1n) is 6.93. The number of hydrogen-bond acceptors (Lipinski definition) is 5. The van der Waals surface area contributed by atoms with Gasteiger partial charge < -0.3 is 10.1 Å². The predicted molar refractivity (Wildman–Crippen MR) is 74.5 cm³/mol. The summed E-state index contributed by atoms with van der Waals surface area (Å²) in [4.78, 5) is 20.2. The van der Waals surface area contributed by atoms with E-state index in [1.54, 1.807) is 18.5 Å². The van der Waals surface area contributed by atoms with E-state index in [2.05, 4.69) is 25.5 Å². The number of aromatic nitrogens is 4. The number of hydrogen-bond donors (Lipinski definition) is 2. The molecule has 0 spiro atoms. The number of nitrogens with one attached hydrogen (secondary N) is 2. The zero-order valence-electron chi connectivity index (χ0n) is 11.7. The number of carbonyl (C=O) groups is 1. The molecule has 2 aromatic rings. The van der Waals surface area contributed by atoms with Crippen molar-refractivity contribution >= 4 is 5.91 Å². The van der Waals surface area contributed by atoms with Gasteiger partial charge in [0.1, 0.15) is 12.4 Å². The van der Waals surface area contributed by atoms with Crippen LogP contribution in [0.15, 0.2) is 24.8 Å². The van der Waals surface area contributed by atoms with Gasteiger partial charge >= 0.3 is 0 Å². The third-order valence-corrected chi connectivity index (χ3v) is 3.60. The van der Waals surface area contributed by atoms with Crippen molar-refractivity contribution in [2.45, 2.75) is 32.0 Å². The number of ether oxygens (including phenoxy) is 1. The fourth-order valence-corrected chi connectivity index (χ4v) is 2.46. The molecule has 110 valence electrons. The Balaban J connectivity index is 1.52. The first-order valence-corrected chi connectivity index (χ1v) is 6.93. The van der Waals surface area contributed by atoms with Gasteiger partial charge in [0.2, 0.25) is 0 Å². The average molecular weight is 287 g/mol. The fourth-order valence-electron chi connectivity index (χ4n) is 2.46. The minimum Gasteiger partial charge on any atom is -0.365 e. The molecule has 3 heterocycles. The van der Waals surface area contributed by atoms with Crippen molar-refractivity contribution in [2.75, 3.05) is 6.54 Å². The van der Waals surface area contributed by atoms with Crippen molar-refractivity contribution in [2.24, 2.45) is 0 Å². The van der Waals surface area contributed by atoms with Crippen LogP contribution in [0.25, 0.3) is 0 Å². The summed E-state index contributed by atoms with van der Waals surface area (Å²) >= 11 is 0. The maximum atomic E-state index is 12.1. The molecule has 3 rings (SSSR count). The molecule has 1 fully saturated rings. The minimum atomic E-state index is -0.0957. The Morgan fingerprint density at radius 2 is 2.43 bits per heavy atom. The van der Waals surface area contributed by atoms with Gasteiger partial charge in [0, 0.05) is 24.5 Å². The lowest BCUT2D eigenvalue weighted by atomic mass is 10.1. The molecule has 0 radical (unpaired) electrons. The van der Waals surface area contributed by atoms with Gasteiger partial charge in [0.15, 0.2) is 5.82 Å². The van der Waals surface area contributed by atoms with Crippen LogP contribution in [0.2, 0.25) is 0 Å². The third kappa shape index (κ3) is 3.08. The Morgan fingerprint density at radius 3 is 3.19 bits per heavy atom. The maximum absolute atomic E-state index is 12.1. The van der Waals surface area contributed by atoms with Gasteiger partial charge in [-0.2, -0.15) is 5.10 Å². The summed E-state index contributed by atoms with van der Waals surface area (Å²) in [5.41, 5.74) is 1.51. The monoisotopic (exact) mass is 287 g/mol. The van der Waals surface area contributed by atoms with E-state index in [1.807, 2.05) is 6.92 Å². The molecular formula is C14H17N5O2. The molecule has 2 aromatic heterocycles. The minimum absolute atomic E-state index is 0.00573. The van der Waals surface area contributed by atoms with E-state index >= 15 is 0 Å². The van der Waals surface area contributed by atoms with Crippen LogP contribution in [0, 0.1) is 6.92 Å². The summed E-state index contributed by atoms with van der Waals surface area (Å²) in [6.07, 6.45) is 6.49. The lowest BCUT2D eigenvalue weighted by Crippen LogP contribution is -2.32. The fraction of sp³-hybridized carbons (Fsp3) is 0.429. The van der Waals surface area contributed by atoms with Crippen LogP contribution >= 0.6 is 0 Å². The van der Waals surface area contributed by atoms with Crippen LogP contribution in [-0.2, 0) is 4.74 Å². The Labute approximate surface area is 122 Å². The number of aromatic amines is 1. The molecule has 0 saturated carbocycles. The Hall–Kier alpha value is -2.28. The Morgan fingerprint density at radius 1 is 1.52 bits per heavy atom. The second-order valence-corrected chi connectivity index (χ2v) is 5.10. The largest absolute Gasteiger partial charge is 0.365 e. The molecular weight excluding hydrogens is 270 g/mol. The van der Waals surface area contributed by atoms with Gasteiger partial charge in [0.05, 0.1) is 6.10 Å². The van der Waals surface area contributed by atoms with Gasteiger partial charge in [-0.3, -0.25) is 14.9 Å². The third-order valence-electron chi connectivity index (χ3n) is 3.60. The number of nitrogens with zero attached hydrogens (tertiary/aromatic N) is 3. The Bertz CT molecular complexity index is 614. The lowest BCUT2D eigenvalue weighted by Gasteiger charge is -2.13. The Kier molecular flexibility index (Phi) is 3.92. The lowest BCUT2D eigenvalue weighted by molar-refractivity contribution is 0.0392. The van der Waals surface area contributed by atoms with Crippen LogP contribution in [0.3, 0.4) is 0 Å². The van der Waals surface area contributed by atoms with Crippen molar-refractivity contribution in [3.05, 3.63) is 41.7 Å². The normalized spacial score (nSPS) is 21.4. The first kappa shape index (κ1) is 13.7. The number of pyridine rings is 1. The van der Waals surface area contributed by atoms with Crippen molar-refractivity contribution in [1.82, 2.24) is 25.5 Å². The molecule has 2 N–H and O–H groups in total. The van der Waals surface area contributed by atoms with Crippen molar-refractivity contribution < 1.29 is 9.53 Å². The molecule has 21 heavy (non-hydrogen) atoms. The van der Waals surface area contributed by atoms with Gasteiger partial charge in [0.25, 0.3) is 5.91 Å². The highest BCUT2D eigenvalue weighted by Crippen LogP contribution is 2.29. The van der Waals surface area contributed by atoms with Crippen LogP contribution in [0.1, 0.15) is 40.7 Å². The van der Waals surface area contributed by atoms with E-state index in [0.717, 1.165) is 24.2 Å². The average Bonchev–Trinajstić information content (AvgIpc) is 3.16. The molecule has 1 aliphatic heterocycles. The van der Waals surface area contributed by atoms with Gasteiger partial charge in [-0.05, 0) is 31.4 Å². The van der Waals surface area contributed by atoms with E-state index in [1.165, 1.54) is 6.33 Å². The summed E-state index contributed by atoms with van der Waals surface area (Å²) in [5, 5.41) is 9.55. The predicted octanol–water partition coefficient (Wildman–Crippen LogP) is 1.16. The van der Waals surface area contributed by atoms with Crippen LogP contribution in [-0.4, -0.2) is 38.7 Å². The quantitative estimate of drug-likeness (QED) is 0.880. The molecule has 0 unspecified atom stereocenters. The first-order chi connectivity index (χ1) is 10.2. The molecule has 2 atom stereocenters. The van der Waals surface area contributed by atoms with E-state index < -0.39 is 0 Å². The highest BCUT2D eigenvalue weighted by atomic mass is 16.5. The van der Waals surface area contributed by atoms with Crippen LogP contribution in [0.5, 0.6) is 0 Å². The maximum Gasteiger partial charge on any atom is 0.251 e. The molecule has 0 aliphatic carbocycles. The molecule has 1 amide bonds. The van der Waals surface area contributed by atoms with Crippen molar-refractivity contribution in [1.29, 1.82) is 0 Å². The van der Waals surface area contributed by atoms with Crippen molar-refractivity contribution in [3.63, 3.8) is 0 Å². The van der Waals surface area contributed by atoms with E-state index in [0.29, 0.717) is 12.1 Å². The SMILES string of the molecule is Cc1cnccc1C(=O)NC[C@H]1CC[C@@H](c2ncn[nH]2)O1. The molecule has 7 heteroatoms. The van der Waals surface area contributed by atoms with Gasteiger partial charge in [-0.1, -0.05) is 0 Å². The number of H-pyrrole nitrogens is 1. The smallest absolute Gasteiger partial charge is 0.251 e. The summed E-state index contributed by atoms with van der Waals surface area (Å²) in [6, 6.07) is 1.72. The van der Waals surface area contributed by atoms with Crippen LogP contribution < -0.4 is 5.32 Å². The second kappa shape index (κ2) is 6.01. The second-order valence-electron chi connectivity index (χ2n) is 5.10. The molecule has 7 nitrogen and oxygen atoms in total. The van der Waals surface area contributed by atoms with E-state index in [-0.39, 0.29) is 18.1 Å². The molecule has 0 bridgehead atoms. The van der Waals surface area contributed by atoms with E-state index in [9.17, 15) is 4.79 Å². The highest BCUT2D eigenvalue weighted by Gasteiger charge is 2.28. The van der Waals surface area contributed by atoms with Crippen molar-refractivity contribution in [3.8, 4) is 0 Å². The molecule has 1 saturated heterocycles.